The van der Waals surface area contributed by atoms with Gasteiger partial charge in [-0.1, -0.05) is 37.5 Å². The van der Waals surface area contributed by atoms with Crippen LogP contribution in [-0.2, 0) is 9.59 Å². The van der Waals surface area contributed by atoms with Gasteiger partial charge in [0, 0.05) is 36.5 Å². The van der Waals surface area contributed by atoms with Crippen molar-refractivity contribution in [2.24, 2.45) is 0 Å². The van der Waals surface area contributed by atoms with Crippen molar-refractivity contribution in [3.05, 3.63) is 59.8 Å². The van der Waals surface area contributed by atoms with Crippen molar-refractivity contribution < 1.29 is 24.2 Å². The number of unbranched alkanes of at least 4 members (excludes halogenated alkanes) is 4. The second-order valence-electron chi connectivity index (χ2n) is 8.41. The Morgan fingerprint density at radius 3 is 2.29 bits per heavy atom. The summed E-state index contributed by atoms with van der Waals surface area (Å²) in [5, 5.41) is 9.55. The number of amides is 1. The molecule has 0 saturated carbocycles. The van der Waals surface area contributed by atoms with Crippen LogP contribution in [0.2, 0.25) is 0 Å². The Labute approximate surface area is 199 Å². The van der Waals surface area contributed by atoms with Gasteiger partial charge in [-0.25, -0.2) is 0 Å². The predicted octanol–water partition coefficient (Wildman–Crippen LogP) is 5.42. The maximum Gasteiger partial charge on any atom is 0.303 e. The summed E-state index contributed by atoms with van der Waals surface area (Å²) in [4.78, 5) is 38.6. The number of hydrogen-bond donors (Lipinski definition) is 1. The number of benzene rings is 2. The van der Waals surface area contributed by atoms with Crippen LogP contribution in [0.15, 0.2) is 48.5 Å². The topological polar surface area (TPSA) is 88.8 Å². The summed E-state index contributed by atoms with van der Waals surface area (Å²) in [6.07, 6.45) is 4.31. The van der Waals surface area contributed by atoms with E-state index >= 15 is 0 Å². The molecule has 0 fully saturated rings. The summed E-state index contributed by atoms with van der Waals surface area (Å²) in [7, 11) is 1.59. The number of carboxylic acids is 1. The number of hydrogen-bond acceptors (Lipinski definition) is 4. The van der Waals surface area contributed by atoms with E-state index in [9.17, 15) is 14.4 Å². The van der Waals surface area contributed by atoms with Crippen molar-refractivity contribution in [3.63, 3.8) is 0 Å². The highest BCUT2D eigenvalue weighted by molar-refractivity contribution is 6.11. The monoisotopic (exact) mass is 464 g/mol. The molecular weight excluding hydrogens is 432 g/mol. The van der Waals surface area contributed by atoms with E-state index in [1.54, 1.807) is 28.7 Å². The van der Waals surface area contributed by atoms with E-state index in [1.807, 2.05) is 43.3 Å². The number of ether oxygens (including phenoxy) is 1. The van der Waals surface area contributed by atoms with Gasteiger partial charge in [-0.05, 0) is 50.1 Å². The molecule has 1 heterocycles. The molecule has 0 saturated heterocycles. The number of rotatable bonds is 11. The number of carbonyl (C=O) groups excluding carboxylic acids is 2. The third kappa shape index (κ3) is 5.65. The van der Waals surface area contributed by atoms with Crippen molar-refractivity contribution in [3.8, 4) is 5.75 Å². The van der Waals surface area contributed by atoms with E-state index in [1.165, 1.54) is 6.92 Å². The van der Waals surface area contributed by atoms with Crippen LogP contribution in [0.5, 0.6) is 5.75 Å². The SMILES string of the molecule is COc1ccc2c(c1)c(N(CCCCCCCC(=O)O)C(C)=O)c(C)n2C(=O)c1ccccc1. The lowest BCUT2D eigenvalue weighted by Crippen LogP contribution is -2.30. The molecule has 1 aromatic heterocycles. The summed E-state index contributed by atoms with van der Waals surface area (Å²) in [6, 6.07) is 14.6. The van der Waals surface area contributed by atoms with Gasteiger partial charge in [0.1, 0.15) is 5.75 Å². The molecule has 0 radical (unpaired) electrons. The number of carbonyl (C=O) groups is 3. The molecule has 0 aliphatic heterocycles. The van der Waals surface area contributed by atoms with Crippen LogP contribution in [0, 0.1) is 6.92 Å². The molecule has 0 atom stereocenters. The van der Waals surface area contributed by atoms with Crippen molar-refractivity contribution in [1.29, 1.82) is 0 Å². The van der Waals surface area contributed by atoms with Crippen LogP contribution in [0.3, 0.4) is 0 Å². The van der Waals surface area contributed by atoms with Gasteiger partial charge < -0.3 is 14.7 Å². The molecular formula is C27H32N2O5. The smallest absolute Gasteiger partial charge is 0.303 e. The summed E-state index contributed by atoms with van der Waals surface area (Å²) in [5.74, 6) is -0.362. The average molecular weight is 465 g/mol. The first-order valence-electron chi connectivity index (χ1n) is 11.6. The molecule has 3 rings (SSSR count). The maximum absolute atomic E-state index is 13.4. The molecule has 0 spiro atoms. The number of aliphatic carboxylic acids is 1. The first-order chi connectivity index (χ1) is 16.3. The molecule has 2 aromatic carbocycles. The minimum atomic E-state index is -0.768. The van der Waals surface area contributed by atoms with Gasteiger partial charge in [-0.15, -0.1) is 0 Å². The number of methoxy groups -OCH3 is 1. The van der Waals surface area contributed by atoms with E-state index < -0.39 is 5.97 Å². The molecule has 3 aromatic rings. The summed E-state index contributed by atoms with van der Waals surface area (Å²) in [6.45, 7) is 3.92. The number of carboxylic acid groups (broad SMARTS) is 1. The van der Waals surface area contributed by atoms with Gasteiger partial charge in [-0.2, -0.15) is 0 Å². The molecule has 180 valence electrons. The number of anilines is 1. The molecule has 0 bridgehead atoms. The zero-order valence-electron chi connectivity index (χ0n) is 20.0. The largest absolute Gasteiger partial charge is 0.497 e. The molecule has 34 heavy (non-hydrogen) atoms. The minimum Gasteiger partial charge on any atom is -0.497 e. The second-order valence-corrected chi connectivity index (χ2v) is 8.41. The Morgan fingerprint density at radius 1 is 0.971 bits per heavy atom. The Balaban J connectivity index is 1.92. The highest BCUT2D eigenvalue weighted by Gasteiger charge is 2.25. The lowest BCUT2D eigenvalue weighted by molar-refractivity contribution is -0.137. The summed E-state index contributed by atoms with van der Waals surface area (Å²) >= 11 is 0. The molecule has 7 heteroatoms. The highest BCUT2D eigenvalue weighted by atomic mass is 16.5. The van der Waals surface area contributed by atoms with Crippen LogP contribution >= 0.6 is 0 Å². The summed E-state index contributed by atoms with van der Waals surface area (Å²) in [5.41, 5.74) is 2.72. The van der Waals surface area contributed by atoms with Gasteiger partial charge in [0.15, 0.2) is 0 Å². The Hall–Kier alpha value is -3.61. The Kier molecular flexibility index (Phi) is 8.46. The van der Waals surface area contributed by atoms with Crippen LogP contribution < -0.4 is 9.64 Å². The molecule has 0 aliphatic rings. The fourth-order valence-electron chi connectivity index (χ4n) is 4.32. The quantitative estimate of drug-likeness (QED) is 0.383. The fraction of sp³-hybridized carbons (Fsp3) is 0.370. The van der Waals surface area contributed by atoms with Gasteiger partial charge in [0.05, 0.1) is 18.3 Å². The lowest BCUT2D eigenvalue weighted by Gasteiger charge is -2.22. The zero-order valence-corrected chi connectivity index (χ0v) is 20.0. The summed E-state index contributed by atoms with van der Waals surface area (Å²) < 4.78 is 7.09. The number of fused-ring (bicyclic) bond motifs is 1. The van der Waals surface area contributed by atoms with Crippen LogP contribution in [-0.4, -0.2) is 41.1 Å². The Bertz CT molecular complexity index is 1170. The fourth-order valence-corrected chi connectivity index (χ4v) is 4.32. The first-order valence-corrected chi connectivity index (χ1v) is 11.6. The molecule has 1 N–H and O–H groups in total. The van der Waals surface area contributed by atoms with Crippen molar-refractivity contribution in [1.82, 2.24) is 4.57 Å². The van der Waals surface area contributed by atoms with E-state index in [4.69, 9.17) is 9.84 Å². The number of nitrogens with zero attached hydrogens (tertiary/aromatic N) is 2. The third-order valence-corrected chi connectivity index (χ3v) is 6.02. The van der Waals surface area contributed by atoms with Crippen molar-refractivity contribution >= 4 is 34.4 Å². The van der Waals surface area contributed by atoms with Crippen LogP contribution in [0.25, 0.3) is 10.9 Å². The normalized spacial score (nSPS) is 10.9. The zero-order chi connectivity index (χ0) is 24.7. The highest BCUT2D eigenvalue weighted by Crippen LogP contribution is 2.37. The average Bonchev–Trinajstić information content (AvgIpc) is 3.11. The van der Waals surface area contributed by atoms with E-state index in [-0.39, 0.29) is 18.2 Å². The minimum absolute atomic E-state index is 0.0944. The van der Waals surface area contributed by atoms with Gasteiger partial charge in [0.2, 0.25) is 5.91 Å². The molecule has 0 aliphatic carbocycles. The Morgan fingerprint density at radius 2 is 1.65 bits per heavy atom. The van der Waals surface area contributed by atoms with Gasteiger partial charge >= 0.3 is 5.97 Å². The van der Waals surface area contributed by atoms with Crippen molar-refractivity contribution in [2.45, 2.75) is 52.4 Å². The number of aromatic nitrogens is 1. The standard InChI is InChI=1S/C27H32N2O5/c1-19-26(28(20(2)30)17-11-6-4-5-10-14-25(31)32)23-18-22(34-3)15-16-24(23)29(19)27(33)21-12-8-7-9-13-21/h7-9,12-13,15-16,18H,4-6,10-11,14,17H2,1-3H3,(H,31,32). The van der Waals surface area contributed by atoms with E-state index in [0.29, 0.717) is 30.0 Å². The first kappa shape index (κ1) is 25.0. The van der Waals surface area contributed by atoms with E-state index in [0.717, 1.165) is 42.3 Å². The molecule has 0 unspecified atom stereocenters. The van der Waals surface area contributed by atoms with Gasteiger partial charge in [0.25, 0.3) is 5.91 Å². The molecule has 1 amide bonds. The predicted molar refractivity (Wildman–Crippen MR) is 133 cm³/mol. The maximum atomic E-state index is 13.4. The van der Waals surface area contributed by atoms with Gasteiger partial charge in [-0.3, -0.25) is 19.0 Å². The van der Waals surface area contributed by atoms with Crippen LogP contribution in [0.4, 0.5) is 5.69 Å². The van der Waals surface area contributed by atoms with E-state index in [2.05, 4.69) is 0 Å². The van der Waals surface area contributed by atoms with Crippen molar-refractivity contribution in [2.75, 3.05) is 18.6 Å². The third-order valence-electron chi connectivity index (χ3n) is 6.02. The molecule has 7 nitrogen and oxygen atoms in total. The van der Waals surface area contributed by atoms with Crippen LogP contribution in [0.1, 0.15) is 61.5 Å². The second kappa shape index (κ2) is 11.5. The lowest BCUT2D eigenvalue weighted by atomic mass is 10.1.